The fourth-order valence-corrected chi connectivity index (χ4v) is 0.829. The monoisotopic (exact) mass is 188 g/mol. The Morgan fingerprint density at radius 3 is 2.31 bits per heavy atom. The largest absolute Gasteiger partial charge is 0.491 e. The zero-order chi connectivity index (χ0) is 9.84. The summed E-state index contributed by atoms with van der Waals surface area (Å²) in [5.74, 6) is -1.31. The first kappa shape index (κ1) is 9.92. The van der Waals surface area contributed by atoms with Crippen molar-refractivity contribution in [3.05, 3.63) is 29.8 Å². The molecule has 0 aromatic heterocycles. The maximum atomic E-state index is 12.6. The molecule has 0 saturated heterocycles. The highest BCUT2D eigenvalue weighted by Gasteiger charge is 2.02. The van der Waals surface area contributed by atoms with Gasteiger partial charge in [-0.2, -0.15) is 0 Å². The molecule has 0 saturated carbocycles. The average Bonchev–Trinajstić information content (AvgIpc) is 1.99. The fourth-order valence-electron chi connectivity index (χ4n) is 0.829. The van der Waals surface area contributed by atoms with Crippen LogP contribution in [0.5, 0.6) is 5.75 Å². The van der Waals surface area contributed by atoms with Gasteiger partial charge in [0.25, 0.3) is 0 Å². The second kappa shape index (κ2) is 4.18. The van der Waals surface area contributed by atoms with E-state index in [1.165, 1.54) is 6.92 Å². The molecule has 72 valence electrons. The van der Waals surface area contributed by atoms with E-state index in [9.17, 15) is 8.78 Å². The minimum absolute atomic E-state index is 0.0168. The number of rotatable bonds is 3. The Bertz CT molecular complexity index is 267. The van der Waals surface area contributed by atoms with Gasteiger partial charge in [-0.05, 0) is 6.92 Å². The van der Waals surface area contributed by atoms with Crippen LogP contribution < -0.4 is 4.74 Å². The van der Waals surface area contributed by atoms with Gasteiger partial charge in [0.05, 0.1) is 6.10 Å². The van der Waals surface area contributed by atoms with Gasteiger partial charge in [-0.3, -0.25) is 0 Å². The summed E-state index contributed by atoms with van der Waals surface area (Å²) in [7, 11) is 0. The van der Waals surface area contributed by atoms with Crippen molar-refractivity contribution in [2.75, 3.05) is 6.61 Å². The predicted octanol–water partition coefficient (Wildman–Crippen LogP) is 1.72. The molecule has 4 heteroatoms. The van der Waals surface area contributed by atoms with Crippen LogP contribution in [0.15, 0.2) is 18.2 Å². The van der Waals surface area contributed by atoms with Gasteiger partial charge in [0.1, 0.15) is 24.0 Å². The predicted molar refractivity (Wildman–Crippen MR) is 43.5 cm³/mol. The van der Waals surface area contributed by atoms with Crippen LogP contribution in [0.25, 0.3) is 0 Å². The minimum atomic E-state index is -0.694. The van der Waals surface area contributed by atoms with E-state index in [-0.39, 0.29) is 12.4 Å². The number of halogens is 2. The van der Waals surface area contributed by atoms with Gasteiger partial charge >= 0.3 is 0 Å². The van der Waals surface area contributed by atoms with Gasteiger partial charge in [-0.1, -0.05) is 0 Å². The van der Waals surface area contributed by atoms with Crippen molar-refractivity contribution in [1.82, 2.24) is 0 Å². The van der Waals surface area contributed by atoms with Gasteiger partial charge in [-0.25, -0.2) is 8.78 Å². The normalized spacial score (nSPS) is 12.6. The molecule has 0 radical (unpaired) electrons. The van der Waals surface area contributed by atoms with Crippen LogP contribution in [0.2, 0.25) is 0 Å². The van der Waals surface area contributed by atoms with Crippen molar-refractivity contribution < 1.29 is 18.6 Å². The van der Waals surface area contributed by atoms with E-state index < -0.39 is 17.7 Å². The van der Waals surface area contributed by atoms with E-state index >= 15 is 0 Å². The average molecular weight is 188 g/mol. The molecule has 0 bridgehead atoms. The molecule has 0 spiro atoms. The van der Waals surface area contributed by atoms with Gasteiger partial charge in [-0.15, -0.1) is 0 Å². The lowest BCUT2D eigenvalue weighted by atomic mass is 10.3. The fraction of sp³-hybridized carbons (Fsp3) is 0.333. The van der Waals surface area contributed by atoms with Crippen LogP contribution in [0, 0.1) is 11.6 Å². The molecule has 13 heavy (non-hydrogen) atoms. The number of aliphatic hydroxyl groups excluding tert-OH is 1. The summed E-state index contributed by atoms with van der Waals surface area (Å²) in [6, 6.07) is 2.88. The van der Waals surface area contributed by atoms with E-state index in [2.05, 4.69) is 0 Å². The molecule has 1 atom stereocenters. The third kappa shape index (κ3) is 3.38. The first-order chi connectivity index (χ1) is 6.08. The summed E-state index contributed by atoms with van der Waals surface area (Å²) in [6.45, 7) is 1.54. The van der Waals surface area contributed by atoms with E-state index in [0.717, 1.165) is 18.2 Å². The third-order valence-electron chi connectivity index (χ3n) is 1.33. The number of ether oxygens (including phenoxy) is 1. The van der Waals surface area contributed by atoms with Gasteiger partial charge < -0.3 is 9.84 Å². The van der Waals surface area contributed by atoms with E-state index in [1.807, 2.05) is 0 Å². The van der Waals surface area contributed by atoms with Crippen molar-refractivity contribution in [2.45, 2.75) is 13.0 Å². The molecule has 1 aromatic carbocycles. The summed E-state index contributed by atoms with van der Waals surface area (Å²) >= 11 is 0. The molecule has 1 aromatic rings. The Labute approximate surface area is 74.8 Å². The number of aliphatic hydroxyl groups is 1. The van der Waals surface area contributed by atoms with Crippen LogP contribution in [0.4, 0.5) is 8.78 Å². The topological polar surface area (TPSA) is 29.5 Å². The SMILES string of the molecule is CC(O)COc1cc(F)cc(F)c1. The summed E-state index contributed by atoms with van der Waals surface area (Å²) in [6.07, 6.45) is -0.661. The minimum Gasteiger partial charge on any atom is -0.491 e. The molecule has 1 unspecified atom stereocenters. The molecule has 1 rings (SSSR count). The number of benzene rings is 1. The molecule has 1 N–H and O–H groups in total. The lowest BCUT2D eigenvalue weighted by Crippen LogP contribution is -2.12. The molecule has 2 nitrogen and oxygen atoms in total. The number of hydrogen-bond donors (Lipinski definition) is 1. The van der Waals surface area contributed by atoms with Crippen molar-refractivity contribution >= 4 is 0 Å². The van der Waals surface area contributed by atoms with Crippen molar-refractivity contribution in [2.24, 2.45) is 0 Å². The van der Waals surface area contributed by atoms with Crippen LogP contribution >= 0.6 is 0 Å². The molecular weight excluding hydrogens is 178 g/mol. The van der Waals surface area contributed by atoms with E-state index in [0.29, 0.717) is 0 Å². The van der Waals surface area contributed by atoms with Gasteiger partial charge in [0.15, 0.2) is 0 Å². The smallest absolute Gasteiger partial charge is 0.129 e. The van der Waals surface area contributed by atoms with Crippen molar-refractivity contribution in [1.29, 1.82) is 0 Å². The first-order valence-electron chi connectivity index (χ1n) is 3.85. The van der Waals surface area contributed by atoms with Gasteiger partial charge in [0, 0.05) is 18.2 Å². The zero-order valence-corrected chi connectivity index (χ0v) is 7.13. The Hall–Kier alpha value is -1.16. The summed E-state index contributed by atoms with van der Waals surface area (Å²) in [4.78, 5) is 0. The highest BCUT2D eigenvalue weighted by molar-refractivity contribution is 5.23. The standard InChI is InChI=1S/C9H10F2O2/c1-6(12)5-13-9-3-7(10)2-8(11)4-9/h2-4,6,12H,5H2,1H3. The Balaban J connectivity index is 2.66. The lowest BCUT2D eigenvalue weighted by Gasteiger charge is -2.07. The van der Waals surface area contributed by atoms with E-state index in [1.54, 1.807) is 0 Å². The Morgan fingerprint density at radius 2 is 1.85 bits per heavy atom. The second-order valence-corrected chi connectivity index (χ2v) is 2.77. The molecular formula is C9H10F2O2. The lowest BCUT2D eigenvalue weighted by molar-refractivity contribution is 0.122. The first-order valence-corrected chi connectivity index (χ1v) is 3.85. The van der Waals surface area contributed by atoms with Crippen LogP contribution in [0.1, 0.15) is 6.92 Å². The van der Waals surface area contributed by atoms with Crippen molar-refractivity contribution in [3.8, 4) is 5.75 Å². The highest BCUT2D eigenvalue weighted by Crippen LogP contribution is 2.15. The third-order valence-corrected chi connectivity index (χ3v) is 1.33. The van der Waals surface area contributed by atoms with E-state index in [4.69, 9.17) is 9.84 Å². The molecule has 0 aliphatic rings. The summed E-state index contributed by atoms with van der Waals surface area (Å²) in [5.41, 5.74) is 0. The van der Waals surface area contributed by atoms with Crippen molar-refractivity contribution in [3.63, 3.8) is 0 Å². The van der Waals surface area contributed by atoms with Crippen LogP contribution in [0.3, 0.4) is 0 Å². The van der Waals surface area contributed by atoms with Crippen LogP contribution in [-0.2, 0) is 0 Å². The second-order valence-electron chi connectivity index (χ2n) is 2.77. The molecule has 0 heterocycles. The van der Waals surface area contributed by atoms with Crippen LogP contribution in [-0.4, -0.2) is 17.8 Å². The number of hydrogen-bond acceptors (Lipinski definition) is 2. The maximum Gasteiger partial charge on any atom is 0.129 e. The Morgan fingerprint density at radius 1 is 1.31 bits per heavy atom. The quantitative estimate of drug-likeness (QED) is 0.782. The highest BCUT2D eigenvalue weighted by atomic mass is 19.1. The van der Waals surface area contributed by atoms with Gasteiger partial charge in [0.2, 0.25) is 0 Å². The molecule has 0 fully saturated rings. The maximum absolute atomic E-state index is 12.6. The zero-order valence-electron chi connectivity index (χ0n) is 7.13. The summed E-state index contributed by atoms with van der Waals surface area (Å²) < 4.78 is 30.0. The molecule has 0 amide bonds. The summed E-state index contributed by atoms with van der Waals surface area (Å²) in [5, 5.41) is 8.84. The molecule has 0 aliphatic carbocycles. The molecule has 0 aliphatic heterocycles. The Kier molecular flexibility index (Phi) is 3.19.